The number of rotatable bonds is 9. The van der Waals surface area contributed by atoms with E-state index in [0.29, 0.717) is 31.6 Å². The fraction of sp³-hybridized carbons (Fsp3) is 0.333. The van der Waals surface area contributed by atoms with Crippen molar-refractivity contribution in [1.82, 2.24) is 15.6 Å². The first kappa shape index (κ1) is 23.0. The molecular weight excluding hydrogens is 483 g/mol. The van der Waals surface area contributed by atoms with E-state index in [0.717, 1.165) is 30.0 Å². The van der Waals surface area contributed by atoms with Gasteiger partial charge in [-0.3, -0.25) is 4.99 Å². The zero-order valence-corrected chi connectivity index (χ0v) is 19.0. The molecule has 0 bridgehead atoms. The number of hydrogen-bond acceptors (Lipinski definition) is 5. The van der Waals surface area contributed by atoms with Gasteiger partial charge in [-0.2, -0.15) is 0 Å². The average molecular weight is 510 g/mol. The van der Waals surface area contributed by atoms with E-state index >= 15 is 0 Å². The van der Waals surface area contributed by atoms with Crippen molar-refractivity contribution < 1.29 is 13.6 Å². The van der Waals surface area contributed by atoms with Crippen LogP contribution in [0.15, 0.2) is 62.8 Å². The summed E-state index contributed by atoms with van der Waals surface area (Å²) in [6.45, 7) is 4.48. The zero-order valence-electron chi connectivity index (χ0n) is 16.7. The van der Waals surface area contributed by atoms with E-state index < -0.39 is 0 Å². The molecule has 0 aliphatic rings. The van der Waals surface area contributed by atoms with Crippen LogP contribution in [0.3, 0.4) is 0 Å². The van der Waals surface area contributed by atoms with E-state index in [9.17, 15) is 0 Å². The average Bonchev–Trinajstić information content (AvgIpc) is 3.39. The lowest BCUT2D eigenvalue weighted by molar-refractivity contribution is 0.105. The van der Waals surface area contributed by atoms with Crippen molar-refractivity contribution in [2.75, 3.05) is 20.2 Å². The van der Waals surface area contributed by atoms with Crippen LogP contribution < -0.4 is 10.6 Å². The summed E-state index contributed by atoms with van der Waals surface area (Å²) in [6.07, 6.45) is 4.18. The van der Waals surface area contributed by atoms with Crippen LogP contribution in [0.25, 0.3) is 11.5 Å². The number of ether oxygens (including phenoxy) is 1. The highest BCUT2D eigenvalue weighted by molar-refractivity contribution is 14.0. The van der Waals surface area contributed by atoms with Gasteiger partial charge in [-0.05, 0) is 37.6 Å². The van der Waals surface area contributed by atoms with Crippen LogP contribution in [0.5, 0.6) is 0 Å². The number of benzene rings is 1. The quantitative estimate of drug-likeness (QED) is 0.195. The molecule has 0 atom stereocenters. The Morgan fingerprint density at radius 2 is 1.97 bits per heavy atom. The Hall–Kier alpha value is -2.33. The summed E-state index contributed by atoms with van der Waals surface area (Å²) in [6, 6.07) is 11.9. The first-order chi connectivity index (χ1) is 13.7. The lowest BCUT2D eigenvalue weighted by atomic mass is 10.1. The highest BCUT2D eigenvalue weighted by Crippen LogP contribution is 2.18. The molecule has 7 nitrogen and oxygen atoms in total. The number of guanidine groups is 1. The van der Waals surface area contributed by atoms with Gasteiger partial charge in [0.25, 0.3) is 0 Å². The molecule has 2 heterocycles. The Kier molecular flexibility index (Phi) is 9.72. The normalized spacial score (nSPS) is 11.2. The number of furan rings is 1. The van der Waals surface area contributed by atoms with Crippen LogP contribution in [-0.4, -0.2) is 31.1 Å². The van der Waals surface area contributed by atoms with Gasteiger partial charge in [0.2, 0.25) is 5.89 Å². The summed E-state index contributed by atoms with van der Waals surface area (Å²) in [7, 11) is 1.74. The van der Waals surface area contributed by atoms with Crippen LogP contribution in [0.2, 0.25) is 0 Å². The van der Waals surface area contributed by atoms with Crippen molar-refractivity contribution in [3.63, 3.8) is 0 Å². The maximum Gasteiger partial charge on any atom is 0.226 e. The van der Waals surface area contributed by atoms with Gasteiger partial charge >= 0.3 is 0 Å². The van der Waals surface area contributed by atoms with Crippen LogP contribution >= 0.6 is 24.0 Å². The number of nitrogens with one attached hydrogen (secondary N) is 2. The molecular formula is C21H27IN4O3. The van der Waals surface area contributed by atoms with E-state index in [1.54, 1.807) is 19.6 Å². The van der Waals surface area contributed by atoms with Crippen LogP contribution in [0.4, 0.5) is 0 Å². The predicted molar refractivity (Wildman–Crippen MR) is 123 cm³/mol. The van der Waals surface area contributed by atoms with Crippen molar-refractivity contribution in [2.24, 2.45) is 4.99 Å². The Balaban J connectivity index is 0.00000300. The van der Waals surface area contributed by atoms with Crippen molar-refractivity contribution in [3.05, 3.63) is 65.9 Å². The molecule has 0 fully saturated rings. The van der Waals surface area contributed by atoms with Crippen molar-refractivity contribution in [1.29, 1.82) is 0 Å². The van der Waals surface area contributed by atoms with Crippen molar-refractivity contribution in [3.8, 4) is 11.5 Å². The summed E-state index contributed by atoms with van der Waals surface area (Å²) in [5, 5.41) is 6.49. The number of aromatic nitrogens is 1. The van der Waals surface area contributed by atoms with Crippen LogP contribution in [0, 0.1) is 6.92 Å². The van der Waals surface area contributed by atoms with Gasteiger partial charge in [0.05, 0.1) is 18.5 Å². The molecule has 0 amide bonds. The molecule has 0 radical (unpaired) electrons. The van der Waals surface area contributed by atoms with Gasteiger partial charge in [-0.25, -0.2) is 4.98 Å². The smallest absolute Gasteiger partial charge is 0.226 e. The highest BCUT2D eigenvalue weighted by atomic mass is 127. The number of aliphatic imine (C=N–C) groups is 1. The molecule has 0 saturated carbocycles. The standard InChI is InChI=1S/C21H26N4O3.HI/c1-16-6-8-17(9-7-16)20-25-18(14-28-20)13-24-21(22-2)23-10-4-11-26-15-19-5-3-12-27-19;/h3,5-9,12,14H,4,10-11,13,15H2,1-2H3,(H2,22,23,24);1H. The second-order valence-electron chi connectivity index (χ2n) is 6.35. The summed E-state index contributed by atoms with van der Waals surface area (Å²) in [5.41, 5.74) is 2.99. The van der Waals surface area contributed by atoms with Crippen LogP contribution in [-0.2, 0) is 17.9 Å². The molecule has 2 N–H and O–H groups in total. The fourth-order valence-corrected chi connectivity index (χ4v) is 2.56. The number of aryl methyl sites for hydroxylation is 1. The molecule has 3 rings (SSSR count). The number of hydrogen-bond donors (Lipinski definition) is 2. The highest BCUT2D eigenvalue weighted by Gasteiger charge is 2.07. The maximum absolute atomic E-state index is 5.58. The number of nitrogens with zero attached hydrogens (tertiary/aromatic N) is 2. The van der Waals surface area contributed by atoms with Gasteiger partial charge in [-0.15, -0.1) is 24.0 Å². The minimum atomic E-state index is 0. The molecule has 0 aliphatic carbocycles. The Morgan fingerprint density at radius 1 is 1.14 bits per heavy atom. The minimum absolute atomic E-state index is 0. The molecule has 156 valence electrons. The van der Waals surface area contributed by atoms with Gasteiger partial charge in [0.15, 0.2) is 5.96 Å². The molecule has 2 aromatic heterocycles. The largest absolute Gasteiger partial charge is 0.467 e. The summed E-state index contributed by atoms with van der Waals surface area (Å²) >= 11 is 0. The minimum Gasteiger partial charge on any atom is -0.467 e. The molecule has 1 aromatic carbocycles. The molecule has 29 heavy (non-hydrogen) atoms. The topological polar surface area (TPSA) is 84.8 Å². The monoisotopic (exact) mass is 510 g/mol. The molecule has 0 aliphatic heterocycles. The van der Waals surface area contributed by atoms with Crippen molar-refractivity contribution in [2.45, 2.75) is 26.5 Å². The van der Waals surface area contributed by atoms with E-state index in [4.69, 9.17) is 13.6 Å². The summed E-state index contributed by atoms with van der Waals surface area (Å²) < 4.78 is 16.4. The third-order valence-electron chi connectivity index (χ3n) is 4.09. The second kappa shape index (κ2) is 12.3. The van der Waals surface area contributed by atoms with Gasteiger partial charge in [0, 0.05) is 25.8 Å². The molecule has 8 heteroatoms. The Bertz CT molecular complexity index is 860. The molecule has 0 unspecified atom stereocenters. The van der Waals surface area contributed by atoms with E-state index in [-0.39, 0.29) is 24.0 Å². The van der Waals surface area contributed by atoms with E-state index in [1.807, 2.05) is 36.4 Å². The van der Waals surface area contributed by atoms with Crippen molar-refractivity contribution >= 4 is 29.9 Å². The third-order valence-corrected chi connectivity index (χ3v) is 4.09. The van der Waals surface area contributed by atoms with Crippen LogP contribution in [0.1, 0.15) is 23.4 Å². The number of oxazole rings is 1. The maximum atomic E-state index is 5.58. The summed E-state index contributed by atoms with van der Waals surface area (Å²) in [4.78, 5) is 8.74. The lowest BCUT2D eigenvalue weighted by Gasteiger charge is -2.10. The Labute approximate surface area is 188 Å². The molecule has 0 saturated heterocycles. The van der Waals surface area contributed by atoms with Gasteiger partial charge < -0.3 is 24.2 Å². The molecule has 3 aromatic rings. The lowest BCUT2D eigenvalue weighted by Crippen LogP contribution is -2.37. The summed E-state index contributed by atoms with van der Waals surface area (Å²) in [5.74, 6) is 2.17. The first-order valence-electron chi connectivity index (χ1n) is 9.30. The second-order valence-corrected chi connectivity index (χ2v) is 6.35. The first-order valence-corrected chi connectivity index (χ1v) is 9.30. The third kappa shape index (κ3) is 7.54. The fourth-order valence-electron chi connectivity index (χ4n) is 2.56. The Morgan fingerprint density at radius 3 is 2.69 bits per heavy atom. The van der Waals surface area contributed by atoms with E-state index in [1.165, 1.54) is 5.56 Å². The van der Waals surface area contributed by atoms with Gasteiger partial charge in [0.1, 0.15) is 18.6 Å². The SMILES string of the molecule is CN=C(NCCCOCc1ccco1)NCc1coc(-c2ccc(C)cc2)n1.I. The van der Waals surface area contributed by atoms with Gasteiger partial charge in [-0.1, -0.05) is 17.7 Å². The molecule has 0 spiro atoms. The predicted octanol–water partition coefficient (Wildman–Crippen LogP) is 4.13. The number of halogens is 1. The van der Waals surface area contributed by atoms with E-state index in [2.05, 4.69) is 27.5 Å². The zero-order chi connectivity index (χ0) is 19.6.